The molecule has 4 aromatic rings. The van der Waals surface area contributed by atoms with Gasteiger partial charge in [0.05, 0.1) is 16.3 Å². The molecule has 1 atom stereocenters. The smallest absolute Gasteiger partial charge is 0.335 e. The molecule has 1 unspecified atom stereocenters. The van der Waals surface area contributed by atoms with E-state index in [9.17, 15) is 19.5 Å². The quantitative estimate of drug-likeness (QED) is 0.285. The van der Waals surface area contributed by atoms with Gasteiger partial charge >= 0.3 is 5.97 Å². The number of likely N-dealkylation sites (N-methyl/N-ethyl adjacent to an activating group) is 1. The lowest BCUT2D eigenvalue weighted by molar-refractivity contribution is -0.136. The van der Waals surface area contributed by atoms with Crippen LogP contribution in [0.5, 0.6) is 0 Å². The molecule has 1 aromatic heterocycles. The summed E-state index contributed by atoms with van der Waals surface area (Å²) in [4.78, 5) is 45.5. The molecule has 0 spiro atoms. The van der Waals surface area contributed by atoms with Gasteiger partial charge in [-0.1, -0.05) is 35.9 Å². The number of ketones is 1. The number of carboxylic acid groups (broad SMARTS) is 1. The van der Waals surface area contributed by atoms with E-state index in [1.54, 1.807) is 18.2 Å². The van der Waals surface area contributed by atoms with Gasteiger partial charge in [-0.2, -0.15) is 4.68 Å². The van der Waals surface area contributed by atoms with E-state index in [-0.39, 0.29) is 40.6 Å². The van der Waals surface area contributed by atoms with Crippen molar-refractivity contribution in [2.45, 2.75) is 18.9 Å². The molecule has 2 aliphatic heterocycles. The molecule has 0 radical (unpaired) electrons. The standard InChI is InChI=1S/C33H31ClFN7O4/c1-39-15-17-40(18-16-39)27-4-2-3-24-23(27)13-14-41(32(24)29(43)19-21-5-7-22(8-6-21)33(45)46)30(44)12-9-25-28(42-20-36-37-38-42)11-10-26(34)31(25)35/h2-12,20,32H,13-19H2,1H3,(H,45,46)/b12-9+. The van der Waals surface area contributed by atoms with Gasteiger partial charge in [-0.25, -0.2) is 9.18 Å². The largest absolute Gasteiger partial charge is 0.478 e. The number of rotatable bonds is 8. The van der Waals surface area contributed by atoms with Gasteiger partial charge in [-0.3, -0.25) is 9.59 Å². The number of Topliss-reactive ketones (excluding diaryl/α,β-unsaturated/α-hetero) is 1. The van der Waals surface area contributed by atoms with Crippen molar-refractivity contribution in [2.24, 2.45) is 0 Å². The van der Waals surface area contributed by atoms with Crippen molar-refractivity contribution >= 4 is 41.0 Å². The van der Waals surface area contributed by atoms with Crippen LogP contribution in [0.3, 0.4) is 0 Å². The number of halogens is 2. The third-order valence-electron chi connectivity index (χ3n) is 8.51. The molecule has 236 valence electrons. The zero-order chi connectivity index (χ0) is 32.4. The van der Waals surface area contributed by atoms with Crippen LogP contribution in [0.2, 0.25) is 5.02 Å². The Bertz CT molecular complexity index is 1810. The van der Waals surface area contributed by atoms with E-state index in [1.807, 2.05) is 12.1 Å². The third kappa shape index (κ3) is 6.26. The molecule has 1 saturated heterocycles. The molecular formula is C33H31ClFN7O4. The second-order valence-corrected chi connectivity index (χ2v) is 11.8. The van der Waals surface area contributed by atoms with Gasteiger partial charge < -0.3 is 19.8 Å². The van der Waals surface area contributed by atoms with E-state index >= 15 is 4.39 Å². The molecule has 46 heavy (non-hydrogen) atoms. The van der Waals surface area contributed by atoms with Crippen molar-refractivity contribution in [3.05, 3.63) is 106 Å². The van der Waals surface area contributed by atoms with Gasteiger partial charge in [0, 0.05) is 56.5 Å². The summed E-state index contributed by atoms with van der Waals surface area (Å²) in [6.07, 6.45) is 4.39. The Balaban J connectivity index is 1.35. The second-order valence-electron chi connectivity index (χ2n) is 11.3. The van der Waals surface area contributed by atoms with Gasteiger partial charge in [-0.15, -0.1) is 5.10 Å². The molecule has 13 heteroatoms. The number of benzene rings is 3. The maximum Gasteiger partial charge on any atom is 0.335 e. The highest BCUT2D eigenvalue weighted by Crippen LogP contribution is 2.37. The number of carbonyl (C=O) groups excluding carboxylic acids is 2. The molecule has 1 amide bonds. The first-order valence-electron chi connectivity index (χ1n) is 14.8. The molecule has 0 bridgehead atoms. The highest BCUT2D eigenvalue weighted by Gasteiger charge is 2.36. The van der Waals surface area contributed by atoms with Crippen LogP contribution < -0.4 is 4.90 Å². The van der Waals surface area contributed by atoms with Gasteiger partial charge in [-0.05, 0) is 77.0 Å². The molecule has 0 aliphatic carbocycles. The van der Waals surface area contributed by atoms with Crippen molar-refractivity contribution in [1.82, 2.24) is 30.0 Å². The number of amides is 1. The number of fused-ring (bicyclic) bond motifs is 1. The fourth-order valence-electron chi connectivity index (χ4n) is 6.08. The molecule has 3 heterocycles. The Kier molecular flexibility index (Phi) is 8.91. The lowest BCUT2D eigenvalue weighted by atomic mass is 9.86. The first-order chi connectivity index (χ1) is 22.2. The van der Waals surface area contributed by atoms with Crippen molar-refractivity contribution in [3.8, 4) is 5.69 Å². The lowest BCUT2D eigenvalue weighted by Crippen LogP contribution is -2.46. The molecule has 1 N–H and O–H groups in total. The van der Waals surface area contributed by atoms with E-state index in [0.717, 1.165) is 43.0 Å². The van der Waals surface area contributed by atoms with Gasteiger partial charge in [0.25, 0.3) is 0 Å². The van der Waals surface area contributed by atoms with E-state index in [2.05, 4.69) is 38.4 Å². The Morgan fingerprint density at radius 1 is 1.00 bits per heavy atom. The average molecular weight is 644 g/mol. The minimum absolute atomic E-state index is 0.0113. The minimum atomic E-state index is -1.06. The minimum Gasteiger partial charge on any atom is -0.478 e. The monoisotopic (exact) mass is 643 g/mol. The normalized spacial score (nSPS) is 16.9. The summed E-state index contributed by atoms with van der Waals surface area (Å²) in [5.74, 6) is -2.49. The summed E-state index contributed by atoms with van der Waals surface area (Å²) in [7, 11) is 2.09. The van der Waals surface area contributed by atoms with E-state index < -0.39 is 23.7 Å². The summed E-state index contributed by atoms with van der Waals surface area (Å²) in [6.45, 7) is 3.80. The Morgan fingerprint density at radius 2 is 1.76 bits per heavy atom. The van der Waals surface area contributed by atoms with Crippen LogP contribution in [0.25, 0.3) is 11.8 Å². The number of carbonyl (C=O) groups is 3. The molecular weight excluding hydrogens is 613 g/mol. The van der Waals surface area contributed by atoms with Crippen LogP contribution in [0, 0.1) is 5.82 Å². The highest BCUT2D eigenvalue weighted by molar-refractivity contribution is 6.31. The van der Waals surface area contributed by atoms with E-state index in [0.29, 0.717) is 12.0 Å². The Hall–Kier alpha value is -4.94. The molecule has 1 fully saturated rings. The zero-order valence-electron chi connectivity index (χ0n) is 25.0. The third-order valence-corrected chi connectivity index (χ3v) is 8.80. The fourth-order valence-corrected chi connectivity index (χ4v) is 6.24. The SMILES string of the molecule is CN1CCN(c2cccc3c2CCN(C(=O)/C=C/c2c(-n4cnnn4)ccc(Cl)c2F)C3C(=O)Cc2ccc(C(=O)O)cc2)CC1. The van der Waals surface area contributed by atoms with Crippen LogP contribution in [0.4, 0.5) is 10.1 Å². The number of aromatic nitrogens is 4. The summed E-state index contributed by atoms with van der Waals surface area (Å²) in [5, 5.41) is 20.2. The van der Waals surface area contributed by atoms with Gasteiger partial charge in [0.15, 0.2) is 11.6 Å². The van der Waals surface area contributed by atoms with Gasteiger partial charge in [0.2, 0.25) is 5.91 Å². The number of nitrogens with zero attached hydrogens (tertiary/aromatic N) is 7. The Labute approximate surface area is 269 Å². The van der Waals surface area contributed by atoms with E-state index in [4.69, 9.17) is 11.6 Å². The molecule has 0 saturated carbocycles. The van der Waals surface area contributed by atoms with E-state index in [1.165, 1.54) is 46.3 Å². The predicted octanol–water partition coefficient (Wildman–Crippen LogP) is 3.86. The second kappa shape index (κ2) is 13.2. The number of tetrazole rings is 1. The highest BCUT2D eigenvalue weighted by atomic mass is 35.5. The maximum atomic E-state index is 15.2. The van der Waals surface area contributed by atoms with Crippen molar-refractivity contribution in [1.29, 1.82) is 0 Å². The molecule has 3 aromatic carbocycles. The van der Waals surface area contributed by atoms with Crippen molar-refractivity contribution in [2.75, 3.05) is 44.7 Å². The Morgan fingerprint density at radius 3 is 2.46 bits per heavy atom. The van der Waals surface area contributed by atoms with Crippen LogP contribution in [-0.4, -0.2) is 92.5 Å². The maximum absolute atomic E-state index is 15.2. The predicted molar refractivity (Wildman–Crippen MR) is 170 cm³/mol. The number of aromatic carboxylic acids is 1. The van der Waals surface area contributed by atoms with Crippen molar-refractivity contribution < 1.29 is 23.9 Å². The number of piperazine rings is 1. The fraction of sp³-hybridized carbons (Fsp3) is 0.273. The van der Waals surface area contributed by atoms with Crippen LogP contribution in [0.1, 0.15) is 38.7 Å². The number of carboxylic acids is 1. The summed E-state index contributed by atoms with van der Waals surface area (Å²) < 4.78 is 16.5. The molecule has 6 rings (SSSR count). The first kappa shape index (κ1) is 31.1. The number of hydrogen-bond donors (Lipinski definition) is 1. The number of anilines is 1. The van der Waals surface area contributed by atoms with Crippen LogP contribution >= 0.6 is 11.6 Å². The number of hydrogen-bond acceptors (Lipinski definition) is 8. The molecule has 11 nitrogen and oxygen atoms in total. The molecule has 2 aliphatic rings. The summed E-state index contributed by atoms with van der Waals surface area (Å²) in [6, 6.07) is 14.0. The summed E-state index contributed by atoms with van der Waals surface area (Å²) >= 11 is 6.07. The van der Waals surface area contributed by atoms with Gasteiger partial charge in [0.1, 0.15) is 12.4 Å². The zero-order valence-corrected chi connectivity index (χ0v) is 25.8. The topological polar surface area (TPSA) is 125 Å². The summed E-state index contributed by atoms with van der Waals surface area (Å²) in [5.41, 5.74) is 3.89. The lowest BCUT2D eigenvalue weighted by Gasteiger charge is -2.40. The first-order valence-corrected chi connectivity index (χ1v) is 15.2. The van der Waals surface area contributed by atoms with Crippen LogP contribution in [-0.2, 0) is 22.4 Å². The van der Waals surface area contributed by atoms with Crippen LogP contribution in [0.15, 0.2) is 67.0 Å². The van der Waals surface area contributed by atoms with Crippen molar-refractivity contribution in [3.63, 3.8) is 0 Å². The average Bonchev–Trinajstić information content (AvgIpc) is 3.60.